The number of pyridine rings is 1. The van der Waals surface area contributed by atoms with Gasteiger partial charge in [0.2, 0.25) is 0 Å². The van der Waals surface area contributed by atoms with Gasteiger partial charge in [0.25, 0.3) is 5.91 Å². The molecule has 1 aliphatic rings. The van der Waals surface area contributed by atoms with Crippen molar-refractivity contribution in [2.24, 2.45) is 22.8 Å². The highest BCUT2D eigenvalue weighted by Crippen LogP contribution is 2.38. The average Bonchev–Trinajstić information content (AvgIpc) is 3.46. The highest BCUT2D eigenvalue weighted by atomic mass is 19.1. The van der Waals surface area contributed by atoms with E-state index < -0.39 is 23.1 Å². The molecule has 1 atom stereocenters. The molecule has 9 nitrogen and oxygen atoms in total. The third kappa shape index (κ3) is 5.08. The smallest absolute Gasteiger partial charge is 0.256 e. The molecule has 0 bridgehead atoms. The van der Waals surface area contributed by atoms with Crippen LogP contribution in [0.3, 0.4) is 0 Å². The number of fused-ring (bicyclic) bond motifs is 1. The SMILES string of the molecule is Cn1cc(-c2ccnc3c2C(=O)N(CC(O)(CN=CN=CN)c2ccc(F)cc2F)C3)c(-c2ccc(F)cc2)n1. The summed E-state index contributed by atoms with van der Waals surface area (Å²) >= 11 is 0. The molecule has 2 aromatic carbocycles. The monoisotopic (exact) mass is 547 g/mol. The highest BCUT2D eigenvalue weighted by Gasteiger charge is 2.40. The predicted octanol–water partition coefficient (Wildman–Crippen LogP) is 3.43. The number of carbonyl (C=O) groups is 1. The molecule has 0 aliphatic carbocycles. The summed E-state index contributed by atoms with van der Waals surface area (Å²) in [5.74, 6) is -2.63. The Bertz CT molecular complexity index is 1640. The summed E-state index contributed by atoms with van der Waals surface area (Å²) in [6.07, 6.45) is 5.40. The van der Waals surface area contributed by atoms with Crippen LogP contribution in [0.15, 0.2) is 70.9 Å². The van der Waals surface area contributed by atoms with Gasteiger partial charge in [0, 0.05) is 47.8 Å². The van der Waals surface area contributed by atoms with Gasteiger partial charge in [-0.2, -0.15) is 5.10 Å². The molecule has 4 aromatic rings. The predicted molar refractivity (Wildman–Crippen MR) is 143 cm³/mol. The second-order valence-corrected chi connectivity index (χ2v) is 9.32. The zero-order valence-corrected chi connectivity index (χ0v) is 21.3. The van der Waals surface area contributed by atoms with Crippen molar-refractivity contribution in [3.63, 3.8) is 0 Å². The molecule has 1 unspecified atom stereocenters. The number of aliphatic imine (C=N–C) groups is 2. The number of nitrogens with zero attached hydrogens (tertiary/aromatic N) is 6. The minimum atomic E-state index is -2.02. The van der Waals surface area contributed by atoms with Crippen molar-refractivity contribution in [2.75, 3.05) is 13.1 Å². The largest absolute Gasteiger partial charge is 0.390 e. The van der Waals surface area contributed by atoms with Crippen molar-refractivity contribution in [2.45, 2.75) is 12.1 Å². The highest BCUT2D eigenvalue weighted by molar-refractivity contribution is 6.05. The maximum absolute atomic E-state index is 14.8. The number of aliphatic hydroxyl groups is 1. The number of hydrogen-bond acceptors (Lipinski definition) is 5. The van der Waals surface area contributed by atoms with Crippen molar-refractivity contribution in [3.8, 4) is 22.4 Å². The Labute approximate surface area is 227 Å². The number of β-amino-alcohol motifs (C(OH)–C–C–N with tert-alkyl or cyclic N) is 1. The zero-order valence-electron chi connectivity index (χ0n) is 21.3. The van der Waals surface area contributed by atoms with Crippen LogP contribution in [0.2, 0.25) is 0 Å². The summed E-state index contributed by atoms with van der Waals surface area (Å²) in [4.78, 5) is 27.1. The van der Waals surface area contributed by atoms with Crippen molar-refractivity contribution in [1.82, 2.24) is 19.7 Å². The number of halogens is 3. The number of amides is 1. The van der Waals surface area contributed by atoms with Crippen LogP contribution in [-0.4, -0.2) is 56.4 Å². The van der Waals surface area contributed by atoms with E-state index in [1.165, 1.54) is 17.0 Å². The fourth-order valence-electron chi connectivity index (χ4n) is 4.81. The van der Waals surface area contributed by atoms with Gasteiger partial charge >= 0.3 is 0 Å². The Kier molecular flexibility index (Phi) is 7.18. The van der Waals surface area contributed by atoms with Gasteiger partial charge in [-0.05, 0) is 36.4 Å². The lowest BCUT2D eigenvalue weighted by Crippen LogP contribution is -2.44. The molecule has 0 spiro atoms. The molecule has 0 radical (unpaired) electrons. The van der Waals surface area contributed by atoms with Crippen LogP contribution in [0.1, 0.15) is 21.6 Å². The van der Waals surface area contributed by atoms with Crippen LogP contribution in [-0.2, 0) is 19.2 Å². The minimum Gasteiger partial charge on any atom is -0.390 e. The van der Waals surface area contributed by atoms with Gasteiger partial charge in [0.15, 0.2) is 0 Å². The summed E-state index contributed by atoms with van der Waals surface area (Å²) in [6.45, 7) is -0.722. The third-order valence-electron chi connectivity index (χ3n) is 6.58. The quantitative estimate of drug-likeness (QED) is 0.259. The van der Waals surface area contributed by atoms with E-state index in [4.69, 9.17) is 5.73 Å². The van der Waals surface area contributed by atoms with Gasteiger partial charge in [-0.25, -0.2) is 18.2 Å². The summed E-state index contributed by atoms with van der Waals surface area (Å²) in [5.41, 5.74) is 6.10. The molecular formula is C28H24F3N7O2. The molecule has 2 aromatic heterocycles. The van der Waals surface area contributed by atoms with Crippen LogP contribution < -0.4 is 5.73 Å². The van der Waals surface area contributed by atoms with Crippen LogP contribution in [0.25, 0.3) is 22.4 Å². The first-order valence-electron chi connectivity index (χ1n) is 12.2. The van der Waals surface area contributed by atoms with Crippen molar-refractivity contribution in [3.05, 3.63) is 95.2 Å². The van der Waals surface area contributed by atoms with Crippen molar-refractivity contribution in [1.29, 1.82) is 0 Å². The normalized spacial score (nSPS) is 14.8. The fraction of sp³-hybridized carbons (Fsp3) is 0.179. The van der Waals surface area contributed by atoms with E-state index in [2.05, 4.69) is 20.1 Å². The van der Waals surface area contributed by atoms with Gasteiger partial charge in [-0.15, -0.1) is 0 Å². The van der Waals surface area contributed by atoms with Gasteiger partial charge in [0.1, 0.15) is 35.1 Å². The lowest BCUT2D eigenvalue weighted by Gasteiger charge is -2.31. The first-order chi connectivity index (χ1) is 19.2. The molecule has 0 fully saturated rings. The van der Waals surface area contributed by atoms with Gasteiger partial charge < -0.3 is 15.7 Å². The van der Waals surface area contributed by atoms with Crippen LogP contribution >= 0.6 is 0 Å². The molecule has 1 aliphatic heterocycles. The van der Waals surface area contributed by atoms with E-state index in [0.717, 1.165) is 24.8 Å². The number of aryl methyl sites for hydroxylation is 1. The van der Waals surface area contributed by atoms with Crippen LogP contribution in [0.5, 0.6) is 0 Å². The zero-order chi connectivity index (χ0) is 28.4. The number of rotatable bonds is 8. The van der Waals surface area contributed by atoms with E-state index >= 15 is 0 Å². The Morgan fingerprint density at radius 1 is 1.10 bits per heavy atom. The molecule has 3 N–H and O–H groups in total. The molecule has 5 rings (SSSR count). The third-order valence-corrected chi connectivity index (χ3v) is 6.58. The lowest BCUT2D eigenvalue weighted by atomic mass is 9.92. The number of carbonyl (C=O) groups excluding carboxylic acids is 1. The standard InChI is InChI=1S/C28H24F3N7O2/c1-37-11-21(26(36-37)17-2-4-18(29)5-3-17)20-8-9-35-24-12-38(27(39)25(20)24)14-28(40,13-33-16-34-15-32)22-7-6-19(30)10-23(22)31/h2-11,15-16,40H,12-14H2,1H3,(H2,32,33,34). The van der Waals surface area contributed by atoms with E-state index in [1.54, 1.807) is 42.3 Å². The molecule has 0 saturated carbocycles. The minimum absolute atomic E-state index is 0.0317. The number of benzene rings is 2. The number of aromatic nitrogens is 3. The number of hydrogen-bond donors (Lipinski definition) is 2. The maximum Gasteiger partial charge on any atom is 0.256 e. The Balaban J connectivity index is 1.52. The lowest BCUT2D eigenvalue weighted by molar-refractivity contribution is 0.00614. The topological polar surface area (TPSA) is 122 Å². The summed E-state index contributed by atoms with van der Waals surface area (Å²) in [7, 11) is 1.73. The van der Waals surface area contributed by atoms with Gasteiger partial charge in [0.05, 0.1) is 37.2 Å². The number of nitrogens with two attached hydrogens (primary N) is 1. The average molecular weight is 548 g/mol. The maximum atomic E-state index is 14.8. The first-order valence-corrected chi connectivity index (χ1v) is 12.2. The second-order valence-electron chi connectivity index (χ2n) is 9.32. The molecule has 12 heteroatoms. The molecule has 3 heterocycles. The van der Waals surface area contributed by atoms with Gasteiger partial charge in [-0.3, -0.25) is 19.5 Å². The Morgan fingerprint density at radius 2 is 1.85 bits per heavy atom. The molecule has 40 heavy (non-hydrogen) atoms. The molecule has 204 valence electrons. The van der Waals surface area contributed by atoms with E-state index in [1.807, 2.05) is 0 Å². The molecule has 0 saturated heterocycles. The Morgan fingerprint density at radius 3 is 2.58 bits per heavy atom. The molecular weight excluding hydrogens is 523 g/mol. The van der Waals surface area contributed by atoms with E-state index in [9.17, 15) is 23.1 Å². The fourth-order valence-corrected chi connectivity index (χ4v) is 4.81. The van der Waals surface area contributed by atoms with Crippen molar-refractivity contribution >= 4 is 18.6 Å². The van der Waals surface area contributed by atoms with E-state index in [0.29, 0.717) is 39.7 Å². The summed E-state index contributed by atoms with van der Waals surface area (Å²) in [5, 5.41) is 16.1. The van der Waals surface area contributed by atoms with Crippen LogP contribution in [0.4, 0.5) is 13.2 Å². The summed E-state index contributed by atoms with van der Waals surface area (Å²) < 4.78 is 43.6. The van der Waals surface area contributed by atoms with Crippen LogP contribution in [0, 0.1) is 17.5 Å². The molecule has 1 amide bonds. The Hall–Kier alpha value is -4.84. The summed E-state index contributed by atoms with van der Waals surface area (Å²) in [6, 6.07) is 10.3. The van der Waals surface area contributed by atoms with Gasteiger partial charge in [-0.1, -0.05) is 6.07 Å². The van der Waals surface area contributed by atoms with Crippen molar-refractivity contribution < 1.29 is 23.1 Å². The first kappa shape index (κ1) is 26.8. The van der Waals surface area contributed by atoms with E-state index in [-0.39, 0.29) is 31.0 Å². The second kappa shape index (κ2) is 10.7.